The van der Waals surface area contributed by atoms with E-state index in [0.29, 0.717) is 16.6 Å². The first kappa shape index (κ1) is 17.8. The number of rotatable bonds is 3. The minimum absolute atomic E-state index is 0.104. The number of anilines is 2. The molecular weight excluding hydrogens is 408 g/mol. The Bertz CT molecular complexity index is 1280. The average molecular weight is 422 g/mol. The van der Waals surface area contributed by atoms with E-state index >= 15 is 0 Å². The van der Waals surface area contributed by atoms with E-state index in [4.69, 9.17) is 4.74 Å². The zero-order chi connectivity index (χ0) is 20.0. The number of ether oxygens (including phenoxy) is 1. The van der Waals surface area contributed by atoms with E-state index in [1.165, 1.54) is 28.4 Å². The lowest BCUT2D eigenvalue weighted by molar-refractivity contribution is -0.119. The largest absolute Gasteiger partial charge is 0.460 e. The van der Waals surface area contributed by atoms with Gasteiger partial charge in [0.25, 0.3) is 11.1 Å². The number of nitrogens with zero attached hydrogens (tertiary/aromatic N) is 2. The monoisotopic (exact) mass is 422 g/mol. The summed E-state index contributed by atoms with van der Waals surface area (Å²) in [4.78, 5) is 19.1. The van der Waals surface area contributed by atoms with Gasteiger partial charge in [-0.25, -0.2) is 13.4 Å². The van der Waals surface area contributed by atoms with Crippen LogP contribution in [0.1, 0.15) is 0 Å². The van der Waals surface area contributed by atoms with Gasteiger partial charge in [0.2, 0.25) is 9.84 Å². The number of amides is 1. The van der Waals surface area contributed by atoms with Gasteiger partial charge in [0.05, 0.1) is 31.4 Å². The number of aromatic nitrogens is 1. The first-order valence-electron chi connectivity index (χ1n) is 8.80. The number of thiazole rings is 1. The Balaban J connectivity index is 1.51. The van der Waals surface area contributed by atoms with Crippen LogP contribution in [0.2, 0.25) is 0 Å². The number of carbonyl (C=O) groups excluding carboxylic acids is 1. The zero-order valence-corrected chi connectivity index (χ0v) is 16.6. The third kappa shape index (κ3) is 2.88. The number of hydrogen-bond acceptors (Lipinski definition) is 6. The third-order valence-electron chi connectivity index (χ3n) is 4.63. The summed E-state index contributed by atoms with van der Waals surface area (Å²) >= 11 is 1.36. The Hall–Kier alpha value is -3.23. The van der Waals surface area contributed by atoms with Crippen molar-refractivity contribution in [3.63, 3.8) is 0 Å². The Morgan fingerprint density at radius 1 is 0.897 bits per heavy atom. The number of fused-ring (bicyclic) bond motifs is 3. The number of para-hydroxylation sites is 3. The van der Waals surface area contributed by atoms with Gasteiger partial charge >= 0.3 is 0 Å². The quantitative estimate of drug-likeness (QED) is 0.495. The normalized spacial score (nSPS) is 14.3. The van der Waals surface area contributed by atoms with Crippen molar-refractivity contribution in [2.45, 2.75) is 9.79 Å². The highest BCUT2D eigenvalue weighted by molar-refractivity contribution is 7.92. The van der Waals surface area contributed by atoms with Gasteiger partial charge < -0.3 is 4.74 Å². The van der Waals surface area contributed by atoms with Crippen molar-refractivity contribution in [2.75, 3.05) is 11.5 Å². The van der Waals surface area contributed by atoms with Crippen molar-refractivity contribution in [1.82, 2.24) is 4.98 Å². The van der Waals surface area contributed by atoms with Gasteiger partial charge in [0.1, 0.15) is 0 Å². The lowest BCUT2D eigenvalue weighted by atomic mass is 10.2. The van der Waals surface area contributed by atoms with Crippen LogP contribution in [0.15, 0.2) is 82.6 Å². The van der Waals surface area contributed by atoms with Gasteiger partial charge in [0, 0.05) is 0 Å². The predicted molar refractivity (Wildman–Crippen MR) is 111 cm³/mol. The first-order valence-corrected chi connectivity index (χ1v) is 11.1. The molecule has 1 aliphatic heterocycles. The fraction of sp³-hybridized carbons (Fsp3) is 0.0476. The maximum Gasteiger partial charge on any atom is 0.274 e. The molecule has 6 nitrogen and oxygen atoms in total. The topological polar surface area (TPSA) is 76.6 Å². The second kappa shape index (κ2) is 6.68. The number of sulfone groups is 1. The van der Waals surface area contributed by atoms with Crippen LogP contribution >= 0.6 is 11.3 Å². The van der Waals surface area contributed by atoms with Gasteiger partial charge in [-0.1, -0.05) is 47.7 Å². The van der Waals surface area contributed by atoms with Crippen LogP contribution in [0.4, 0.5) is 11.4 Å². The van der Waals surface area contributed by atoms with Crippen molar-refractivity contribution < 1.29 is 17.9 Å². The fourth-order valence-electron chi connectivity index (χ4n) is 3.36. The molecule has 0 unspecified atom stereocenters. The average Bonchev–Trinajstić information content (AvgIpc) is 3.16. The van der Waals surface area contributed by atoms with Crippen LogP contribution in [-0.2, 0) is 14.6 Å². The highest BCUT2D eigenvalue weighted by atomic mass is 32.2. The maximum atomic E-state index is 13.1. The van der Waals surface area contributed by atoms with Crippen LogP contribution in [0.5, 0.6) is 5.19 Å². The zero-order valence-electron chi connectivity index (χ0n) is 15.0. The molecule has 2 heterocycles. The maximum absolute atomic E-state index is 13.1. The van der Waals surface area contributed by atoms with E-state index in [9.17, 15) is 13.2 Å². The van der Waals surface area contributed by atoms with E-state index in [0.717, 1.165) is 10.2 Å². The Kier molecular flexibility index (Phi) is 4.11. The van der Waals surface area contributed by atoms with Crippen LogP contribution in [0.25, 0.3) is 10.2 Å². The summed E-state index contributed by atoms with van der Waals surface area (Å²) in [6.45, 7) is -0.261. The Labute approximate surface area is 170 Å². The summed E-state index contributed by atoms with van der Waals surface area (Å²) in [5, 5.41) is 0.394. The third-order valence-corrected chi connectivity index (χ3v) is 7.43. The molecule has 5 rings (SSSR count). The molecule has 4 aromatic rings. The van der Waals surface area contributed by atoms with Crippen LogP contribution in [-0.4, -0.2) is 25.9 Å². The molecule has 0 aliphatic carbocycles. The van der Waals surface area contributed by atoms with Gasteiger partial charge in [-0.3, -0.25) is 9.69 Å². The van der Waals surface area contributed by atoms with Gasteiger partial charge in [-0.15, -0.1) is 0 Å². The predicted octanol–water partition coefficient (Wildman–Crippen LogP) is 4.19. The van der Waals surface area contributed by atoms with E-state index in [1.807, 2.05) is 24.3 Å². The molecule has 0 saturated carbocycles. The second-order valence-corrected chi connectivity index (χ2v) is 9.28. The van der Waals surface area contributed by atoms with Crippen LogP contribution < -0.4 is 9.64 Å². The Morgan fingerprint density at radius 2 is 1.48 bits per heavy atom. The Morgan fingerprint density at radius 3 is 2.14 bits per heavy atom. The van der Waals surface area contributed by atoms with Crippen molar-refractivity contribution in [1.29, 1.82) is 0 Å². The smallest absolute Gasteiger partial charge is 0.274 e. The highest BCUT2D eigenvalue weighted by Crippen LogP contribution is 2.43. The van der Waals surface area contributed by atoms with Gasteiger partial charge in [-0.05, 0) is 36.4 Å². The number of benzene rings is 3. The molecule has 1 amide bonds. The van der Waals surface area contributed by atoms with E-state index < -0.39 is 9.84 Å². The minimum atomic E-state index is -3.70. The summed E-state index contributed by atoms with van der Waals surface area (Å²) in [7, 11) is -3.70. The number of carbonyl (C=O) groups is 1. The molecule has 0 spiro atoms. The lowest BCUT2D eigenvalue weighted by Crippen LogP contribution is -2.35. The summed E-state index contributed by atoms with van der Waals surface area (Å²) in [5.41, 5.74) is 1.45. The first-order chi connectivity index (χ1) is 14.1. The van der Waals surface area contributed by atoms with Gasteiger partial charge in [0.15, 0.2) is 6.61 Å². The SMILES string of the molecule is O=C(COc1nc2ccccc2s1)N1c2ccccc2S(=O)(=O)c2ccccc21. The van der Waals surface area contributed by atoms with Crippen molar-refractivity contribution in [3.05, 3.63) is 72.8 Å². The molecule has 0 N–H and O–H groups in total. The van der Waals surface area contributed by atoms with E-state index in [1.54, 1.807) is 36.4 Å². The molecule has 29 heavy (non-hydrogen) atoms. The lowest BCUT2D eigenvalue weighted by Gasteiger charge is -2.30. The van der Waals surface area contributed by atoms with Crippen molar-refractivity contribution in [2.24, 2.45) is 0 Å². The molecule has 3 aromatic carbocycles. The molecule has 0 saturated heterocycles. The molecule has 0 fully saturated rings. The number of hydrogen-bond donors (Lipinski definition) is 0. The molecule has 1 aromatic heterocycles. The summed E-state index contributed by atoms with van der Waals surface area (Å²) < 4.78 is 32.6. The molecule has 8 heteroatoms. The van der Waals surface area contributed by atoms with E-state index in [2.05, 4.69) is 4.98 Å². The minimum Gasteiger partial charge on any atom is -0.460 e. The summed E-state index contributed by atoms with van der Waals surface area (Å²) in [5.74, 6) is -0.376. The van der Waals surface area contributed by atoms with Gasteiger partial charge in [-0.2, -0.15) is 0 Å². The van der Waals surface area contributed by atoms with Crippen molar-refractivity contribution >= 4 is 48.7 Å². The highest BCUT2D eigenvalue weighted by Gasteiger charge is 2.36. The van der Waals surface area contributed by atoms with E-state index in [-0.39, 0.29) is 22.3 Å². The summed E-state index contributed by atoms with van der Waals surface area (Å²) in [6, 6.07) is 20.6. The molecule has 0 bridgehead atoms. The molecule has 1 aliphatic rings. The molecule has 144 valence electrons. The van der Waals surface area contributed by atoms with Crippen LogP contribution in [0.3, 0.4) is 0 Å². The standard InChI is InChI=1S/C21H14N2O4S2/c24-20(13-27-21-22-14-7-1-4-10-17(14)28-21)23-15-8-2-5-11-18(15)29(25,26)19-12-6-3-9-16(19)23/h1-12H,13H2. The second-order valence-electron chi connectivity index (χ2n) is 6.40. The molecular formula is C21H14N2O4S2. The fourth-order valence-corrected chi connectivity index (χ4v) is 5.79. The molecule has 0 radical (unpaired) electrons. The summed E-state index contributed by atoms with van der Waals surface area (Å²) in [6.07, 6.45) is 0. The van der Waals surface area contributed by atoms with Crippen LogP contribution in [0, 0.1) is 0 Å². The van der Waals surface area contributed by atoms with Crippen molar-refractivity contribution in [3.8, 4) is 5.19 Å². The molecule has 0 atom stereocenters.